The second kappa shape index (κ2) is 16.1. The molecule has 1 atom stereocenters. The van der Waals surface area contributed by atoms with Gasteiger partial charge in [-0.1, -0.05) is 12.1 Å². The van der Waals surface area contributed by atoms with Crippen LogP contribution in [0.1, 0.15) is 44.6 Å². The van der Waals surface area contributed by atoms with Crippen LogP contribution in [0, 0.1) is 0 Å². The van der Waals surface area contributed by atoms with Crippen LogP contribution in [-0.4, -0.2) is 70.1 Å². The van der Waals surface area contributed by atoms with Crippen molar-refractivity contribution >= 4 is 35.8 Å². The molecule has 1 amide bonds. The number of amides is 1. The quantitative estimate of drug-likeness (QED) is 0.137. The number of nitrogens with one attached hydrogen (secondary N) is 3. The maximum atomic E-state index is 11.7. The van der Waals surface area contributed by atoms with Crippen LogP contribution in [0.15, 0.2) is 29.3 Å². The third kappa shape index (κ3) is 11.9. The molecule has 2 fully saturated rings. The number of hydrogen-bond donors (Lipinski definition) is 3. The molecular weight excluding hydrogens is 535 g/mol. The Morgan fingerprint density at radius 2 is 2.00 bits per heavy atom. The highest BCUT2D eigenvalue weighted by atomic mass is 127. The summed E-state index contributed by atoms with van der Waals surface area (Å²) in [5.74, 6) is 1.49. The fourth-order valence-corrected chi connectivity index (χ4v) is 3.41. The molecular formula is C24H39IN4O4. The fourth-order valence-electron chi connectivity index (χ4n) is 3.41. The van der Waals surface area contributed by atoms with Crippen molar-refractivity contribution in [2.45, 2.75) is 57.6 Å². The minimum Gasteiger partial charge on any atom is -0.484 e. The first-order valence-corrected chi connectivity index (χ1v) is 12.0. The van der Waals surface area contributed by atoms with Crippen molar-refractivity contribution in [1.29, 1.82) is 0 Å². The summed E-state index contributed by atoms with van der Waals surface area (Å²) in [5, 5.41) is 9.58. The first kappa shape index (κ1) is 27.7. The molecule has 3 rings (SSSR count). The summed E-state index contributed by atoms with van der Waals surface area (Å²) in [6, 6.07) is 8.25. The van der Waals surface area contributed by atoms with Crippen LogP contribution in [0.5, 0.6) is 5.75 Å². The number of benzene rings is 1. The number of aliphatic imine (C=N–C) groups is 1. The molecule has 1 aliphatic carbocycles. The van der Waals surface area contributed by atoms with E-state index >= 15 is 0 Å². The van der Waals surface area contributed by atoms with Crippen LogP contribution < -0.4 is 20.7 Å². The van der Waals surface area contributed by atoms with Gasteiger partial charge in [0.2, 0.25) is 0 Å². The van der Waals surface area contributed by atoms with E-state index < -0.39 is 0 Å². The maximum absolute atomic E-state index is 11.7. The molecule has 3 N–H and O–H groups in total. The van der Waals surface area contributed by atoms with E-state index in [1.165, 1.54) is 5.56 Å². The van der Waals surface area contributed by atoms with Gasteiger partial charge in [-0.25, -0.2) is 0 Å². The molecule has 0 aromatic heterocycles. The second-order valence-electron chi connectivity index (χ2n) is 8.28. The van der Waals surface area contributed by atoms with Gasteiger partial charge in [0.05, 0.1) is 12.7 Å². The highest BCUT2D eigenvalue weighted by Gasteiger charge is 2.23. The van der Waals surface area contributed by atoms with Crippen molar-refractivity contribution in [3.63, 3.8) is 0 Å². The molecule has 33 heavy (non-hydrogen) atoms. The zero-order valence-corrected chi connectivity index (χ0v) is 22.0. The van der Waals surface area contributed by atoms with Crippen LogP contribution in [0.3, 0.4) is 0 Å². The number of ether oxygens (including phenoxy) is 3. The van der Waals surface area contributed by atoms with E-state index in [0.29, 0.717) is 25.0 Å². The summed E-state index contributed by atoms with van der Waals surface area (Å²) in [4.78, 5) is 16.3. The highest BCUT2D eigenvalue weighted by molar-refractivity contribution is 14.0. The van der Waals surface area contributed by atoms with Gasteiger partial charge in [-0.3, -0.25) is 9.79 Å². The topological polar surface area (TPSA) is 93.2 Å². The van der Waals surface area contributed by atoms with Gasteiger partial charge in [-0.2, -0.15) is 0 Å². The first-order valence-electron chi connectivity index (χ1n) is 12.0. The zero-order valence-electron chi connectivity index (χ0n) is 19.6. The summed E-state index contributed by atoms with van der Waals surface area (Å²) in [7, 11) is 0. The Morgan fingerprint density at radius 3 is 2.70 bits per heavy atom. The zero-order chi connectivity index (χ0) is 22.4. The Balaban J connectivity index is 0.00000385. The molecule has 0 spiro atoms. The van der Waals surface area contributed by atoms with E-state index in [4.69, 9.17) is 14.2 Å². The van der Waals surface area contributed by atoms with Crippen LogP contribution in [0.25, 0.3) is 0 Å². The van der Waals surface area contributed by atoms with Gasteiger partial charge in [0.1, 0.15) is 5.75 Å². The van der Waals surface area contributed by atoms with Gasteiger partial charge in [0.25, 0.3) is 5.91 Å². The SMILES string of the molecule is CCNC(=NCCCOCC1CCCO1)NCCc1ccc(OCC(=O)NC2CC2)cc1.I. The fraction of sp³-hybridized carbons (Fsp3) is 0.667. The third-order valence-corrected chi connectivity index (χ3v) is 5.33. The lowest BCUT2D eigenvalue weighted by atomic mass is 10.1. The van der Waals surface area contributed by atoms with Crippen molar-refractivity contribution in [2.75, 3.05) is 46.1 Å². The van der Waals surface area contributed by atoms with E-state index in [0.717, 1.165) is 70.7 Å². The molecule has 0 radical (unpaired) electrons. The number of carbonyl (C=O) groups is 1. The van der Waals surface area contributed by atoms with Crippen LogP contribution in [0.2, 0.25) is 0 Å². The van der Waals surface area contributed by atoms with Gasteiger partial charge in [0, 0.05) is 38.9 Å². The molecule has 1 aliphatic heterocycles. The third-order valence-electron chi connectivity index (χ3n) is 5.33. The number of hydrogen-bond acceptors (Lipinski definition) is 5. The van der Waals surface area contributed by atoms with Crippen molar-refractivity contribution < 1.29 is 19.0 Å². The predicted octanol–water partition coefficient (Wildman–Crippen LogP) is 2.65. The number of halogens is 1. The Kier molecular flexibility index (Phi) is 13.5. The molecule has 1 heterocycles. The van der Waals surface area contributed by atoms with Crippen LogP contribution >= 0.6 is 24.0 Å². The smallest absolute Gasteiger partial charge is 0.258 e. The maximum Gasteiger partial charge on any atom is 0.258 e. The average molecular weight is 575 g/mol. The molecule has 186 valence electrons. The largest absolute Gasteiger partial charge is 0.484 e. The van der Waals surface area contributed by atoms with E-state index in [1.54, 1.807) is 0 Å². The molecule has 1 aromatic carbocycles. The lowest BCUT2D eigenvalue weighted by molar-refractivity contribution is -0.123. The lowest BCUT2D eigenvalue weighted by Crippen LogP contribution is -2.38. The van der Waals surface area contributed by atoms with E-state index in [1.807, 2.05) is 24.3 Å². The van der Waals surface area contributed by atoms with Crippen LogP contribution in [0.4, 0.5) is 0 Å². The summed E-state index contributed by atoms with van der Waals surface area (Å²) < 4.78 is 16.8. The number of rotatable bonds is 14. The molecule has 0 bridgehead atoms. The Morgan fingerprint density at radius 1 is 1.18 bits per heavy atom. The molecule has 8 nitrogen and oxygen atoms in total. The van der Waals surface area contributed by atoms with Crippen molar-refractivity contribution in [2.24, 2.45) is 4.99 Å². The van der Waals surface area contributed by atoms with Crippen LogP contribution in [-0.2, 0) is 20.7 Å². The molecule has 1 aromatic rings. The van der Waals surface area contributed by atoms with E-state index in [-0.39, 0.29) is 42.6 Å². The first-order chi connectivity index (χ1) is 15.7. The lowest BCUT2D eigenvalue weighted by Gasteiger charge is -2.12. The standard InChI is InChI=1S/C24H38N4O4.HI/c1-2-25-24(26-13-4-15-30-17-22-5-3-16-31-22)27-14-12-19-6-10-21(11-7-19)32-18-23(29)28-20-8-9-20;/h6-7,10-11,20,22H,2-5,8-9,12-18H2,1H3,(H,28,29)(H2,25,26,27);1H. The summed E-state index contributed by atoms with van der Waals surface area (Å²) in [6.07, 6.45) is 6.47. The number of carbonyl (C=O) groups excluding carboxylic acids is 1. The Hall–Kier alpha value is -1.59. The number of guanidine groups is 1. The Labute approximate surface area is 214 Å². The van der Waals surface area contributed by atoms with Crippen molar-refractivity contribution in [3.8, 4) is 5.75 Å². The van der Waals surface area contributed by atoms with Gasteiger partial charge in [-0.05, 0) is 63.1 Å². The van der Waals surface area contributed by atoms with Crippen molar-refractivity contribution in [3.05, 3.63) is 29.8 Å². The molecule has 1 saturated heterocycles. The minimum atomic E-state index is -0.0505. The monoisotopic (exact) mass is 574 g/mol. The minimum absolute atomic E-state index is 0. The predicted molar refractivity (Wildman–Crippen MR) is 141 cm³/mol. The van der Waals surface area contributed by atoms with E-state index in [2.05, 4.69) is 27.9 Å². The highest BCUT2D eigenvalue weighted by Crippen LogP contribution is 2.18. The molecule has 1 unspecified atom stereocenters. The van der Waals surface area contributed by atoms with Gasteiger partial charge in [-0.15, -0.1) is 24.0 Å². The summed E-state index contributed by atoms with van der Waals surface area (Å²) in [6.45, 7) is 6.73. The normalized spacial score (nSPS) is 17.8. The van der Waals surface area contributed by atoms with Gasteiger partial charge in [0.15, 0.2) is 12.6 Å². The van der Waals surface area contributed by atoms with Gasteiger partial charge >= 0.3 is 0 Å². The second-order valence-corrected chi connectivity index (χ2v) is 8.28. The summed E-state index contributed by atoms with van der Waals surface area (Å²) in [5.41, 5.74) is 1.20. The molecule has 2 aliphatic rings. The summed E-state index contributed by atoms with van der Waals surface area (Å²) >= 11 is 0. The van der Waals surface area contributed by atoms with Gasteiger partial charge < -0.3 is 30.2 Å². The average Bonchev–Trinajstić information content (AvgIpc) is 3.45. The molecule has 1 saturated carbocycles. The van der Waals surface area contributed by atoms with E-state index in [9.17, 15) is 4.79 Å². The molecule has 9 heteroatoms. The number of nitrogens with zero attached hydrogens (tertiary/aromatic N) is 1. The Bertz CT molecular complexity index is 707. The van der Waals surface area contributed by atoms with Crippen molar-refractivity contribution in [1.82, 2.24) is 16.0 Å².